The van der Waals surface area contributed by atoms with Crippen LogP contribution in [0.1, 0.15) is 16.8 Å². The van der Waals surface area contributed by atoms with E-state index in [1.54, 1.807) is 7.05 Å². The summed E-state index contributed by atoms with van der Waals surface area (Å²) in [6, 6.07) is 9.45. The molecule has 0 spiro atoms. The quantitative estimate of drug-likeness (QED) is 0.842. The summed E-state index contributed by atoms with van der Waals surface area (Å²) in [7, 11) is 1.61. The molecule has 0 unspecified atom stereocenters. The summed E-state index contributed by atoms with van der Waals surface area (Å²) >= 11 is 3.08. The third-order valence-corrected chi connectivity index (χ3v) is 4.29. The summed E-state index contributed by atoms with van der Waals surface area (Å²) in [5, 5.41) is 0. The van der Waals surface area contributed by atoms with Crippen LogP contribution in [0.15, 0.2) is 39.6 Å². The molecule has 1 aliphatic rings. The smallest absolute Gasteiger partial charge is 0.265 e. The minimum atomic E-state index is -0.352. The molecule has 0 saturated carbocycles. The van der Waals surface area contributed by atoms with Crippen molar-refractivity contribution in [2.75, 3.05) is 0 Å². The molecule has 0 bridgehead atoms. The van der Waals surface area contributed by atoms with E-state index in [1.165, 1.54) is 21.8 Å². The van der Waals surface area contributed by atoms with E-state index in [2.05, 4.69) is 33.0 Å². The molecule has 1 aromatic carbocycles. The van der Waals surface area contributed by atoms with Crippen LogP contribution in [0.5, 0.6) is 0 Å². The lowest BCUT2D eigenvalue weighted by Crippen LogP contribution is -2.27. The number of fused-ring (bicyclic) bond motifs is 1. The van der Waals surface area contributed by atoms with E-state index >= 15 is 0 Å². The van der Waals surface area contributed by atoms with Crippen molar-refractivity contribution in [3.05, 3.63) is 67.8 Å². The Kier molecular flexibility index (Phi) is 3.48. The van der Waals surface area contributed by atoms with Crippen molar-refractivity contribution in [2.24, 2.45) is 7.05 Å². The molecule has 5 heteroatoms. The number of pyridine rings is 1. The van der Waals surface area contributed by atoms with Crippen molar-refractivity contribution < 1.29 is 4.39 Å². The van der Waals surface area contributed by atoms with Gasteiger partial charge in [-0.15, -0.1) is 0 Å². The fourth-order valence-electron chi connectivity index (χ4n) is 2.61. The van der Waals surface area contributed by atoms with Gasteiger partial charge in [-0.1, -0.05) is 24.3 Å². The van der Waals surface area contributed by atoms with E-state index in [0.29, 0.717) is 12.2 Å². The minimum absolute atomic E-state index is 0.210. The standard InChI is InChI=1S/C15H14BrFN2O/c1-18-14(13(17)6-12(16)15(18)20)9-19-7-10-4-2-3-5-11(10)8-19/h2-6H,7-9H2,1H3. The molecular formula is C15H14BrFN2O. The average Bonchev–Trinajstić information content (AvgIpc) is 2.83. The molecule has 0 saturated heterocycles. The Morgan fingerprint density at radius 2 is 1.85 bits per heavy atom. The highest BCUT2D eigenvalue weighted by Gasteiger charge is 2.21. The van der Waals surface area contributed by atoms with Crippen molar-refractivity contribution in [3.8, 4) is 0 Å². The molecule has 0 radical (unpaired) electrons. The maximum Gasteiger partial charge on any atom is 0.265 e. The van der Waals surface area contributed by atoms with Crippen molar-refractivity contribution in [3.63, 3.8) is 0 Å². The summed E-state index contributed by atoms with van der Waals surface area (Å²) < 4.78 is 15.7. The number of rotatable bonds is 2. The third kappa shape index (κ3) is 2.31. The van der Waals surface area contributed by atoms with E-state index in [0.717, 1.165) is 13.1 Å². The minimum Gasteiger partial charge on any atom is -0.311 e. The molecule has 0 amide bonds. The summed E-state index contributed by atoms with van der Waals surface area (Å²) in [6.45, 7) is 2.01. The second-order valence-corrected chi connectivity index (χ2v) is 5.92. The van der Waals surface area contributed by atoms with Crippen LogP contribution in [0, 0.1) is 5.82 Å². The van der Waals surface area contributed by atoms with Gasteiger partial charge in [0.15, 0.2) is 0 Å². The van der Waals surface area contributed by atoms with E-state index in [1.807, 2.05) is 12.1 Å². The molecular weight excluding hydrogens is 323 g/mol. The van der Waals surface area contributed by atoms with Gasteiger partial charge < -0.3 is 4.57 Å². The number of benzene rings is 1. The fraction of sp³-hybridized carbons (Fsp3) is 0.267. The predicted molar refractivity (Wildman–Crippen MR) is 78.7 cm³/mol. The van der Waals surface area contributed by atoms with Crippen LogP contribution in [0.3, 0.4) is 0 Å². The van der Waals surface area contributed by atoms with Crippen LogP contribution in [0.2, 0.25) is 0 Å². The summed E-state index contributed by atoms with van der Waals surface area (Å²) in [4.78, 5) is 14.0. The zero-order valence-corrected chi connectivity index (χ0v) is 12.7. The zero-order chi connectivity index (χ0) is 14.3. The van der Waals surface area contributed by atoms with E-state index in [4.69, 9.17) is 0 Å². The fourth-order valence-corrected chi connectivity index (χ4v) is 3.08. The first kappa shape index (κ1) is 13.5. The Balaban J connectivity index is 1.88. The molecule has 0 aliphatic carbocycles. The molecule has 0 atom stereocenters. The van der Waals surface area contributed by atoms with Gasteiger partial charge >= 0.3 is 0 Å². The number of hydrogen-bond donors (Lipinski definition) is 0. The highest BCUT2D eigenvalue weighted by atomic mass is 79.9. The Bertz CT molecular complexity index is 701. The second-order valence-electron chi connectivity index (χ2n) is 5.06. The number of halogens is 2. The first-order valence-corrected chi connectivity index (χ1v) is 7.18. The van der Waals surface area contributed by atoms with Gasteiger partial charge in [-0.3, -0.25) is 9.69 Å². The largest absolute Gasteiger partial charge is 0.311 e. The summed E-state index contributed by atoms with van der Waals surface area (Å²) in [5.41, 5.74) is 2.76. The molecule has 0 N–H and O–H groups in total. The van der Waals surface area contributed by atoms with Gasteiger partial charge in [0, 0.05) is 26.7 Å². The van der Waals surface area contributed by atoms with Crippen molar-refractivity contribution in [1.82, 2.24) is 9.47 Å². The van der Waals surface area contributed by atoms with Crippen LogP contribution in [-0.2, 0) is 26.7 Å². The van der Waals surface area contributed by atoms with Crippen LogP contribution in [0.4, 0.5) is 4.39 Å². The summed E-state index contributed by atoms with van der Waals surface area (Å²) in [6.07, 6.45) is 0. The summed E-state index contributed by atoms with van der Waals surface area (Å²) in [5.74, 6) is -0.352. The van der Waals surface area contributed by atoms with Gasteiger partial charge in [0.1, 0.15) is 5.82 Å². The van der Waals surface area contributed by atoms with E-state index < -0.39 is 0 Å². The first-order chi connectivity index (χ1) is 9.56. The van der Waals surface area contributed by atoms with Crippen LogP contribution >= 0.6 is 15.9 Å². The van der Waals surface area contributed by atoms with Gasteiger partial charge in [0.25, 0.3) is 5.56 Å². The van der Waals surface area contributed by atoms with Crippen molar-refractivity contribution in [1.29, 1.82) is 0 Å². The van der Waals surface area contributed by atoms with Crippen LogP contribution in [0.25, 0.3) is 0 Å². The Hall–Kier alpha value is -1.46. The lowest BCUT2D eigenvalue weighted by molar-refractivity contribution is 0.262. The average molecular weight is 337 g/mol. The monoisotopic (exact) mass is 336 g/mol. The second kappa shape index (κ2) is 5.14. The number of hydrogen-bond acceptors (Lipinski definition) is 2. The van der Waals surface area contributed by atoms with E-state index in [-0.39, 0.29) is 15.8 Å². The Labute approximate surface area is 124 Å². The maximum atomic E-state index is 14.1. The Morgan fingerprint density at radius 3 is 2.45 bits per heavy atom. The normalized spacial score (nSPS) is 14.6. The molecule has 3 nitrogen and oxygen atoms in total. The van der Waals surface area contributed by atoms with Gasteiger partial charge in [-0.2, -0.15) is 0 Å². The number of nitrogens with zero attached hydrogens (tertiary/aromatic N) is 2. The molecule has 1 aliphatic heterocycles. The van der Waals surface area contributed by atoms with Crippen LogP contribution < -0.4 is 5.56 Å². The third-order valence-electron chi connectivity index (χ3n) is 3.72. The van der Waals surface area contributed by atoms with Gasteiger partial charge in [0.2, 0.25) is 0 Å². The SMILES string of the molecule is Cn1c(CN2Cc3ccccc3C2)c(F)cc(Br)c1=O. The molecule has 104 valence electrons. The van der Waals surface area contributed by atoms with Gasteiger partial charge in [0.05, 0.1) is 10.2 Å². The predicted octanol–water partition coefficient (Wildman–Crippen LogP) is 2.80. The van der Waals surface area contributed by atoms with E-state index in [9.17, 15) is 9.18 Å². The van der Waals surface area contributed by atoms with Crippen LogP contribution in [-0.4, -0.2) is 9.47 Å². The lowest BCUT2D eigenvalue weighted by Gasteiger charge is -2.18. The van der Waals surface area contributed by atoms with Crippen molar-refractivity contribution >= 4 is 15.9 Å². The van der Waals surface area contributed by atoms with Gasteiger partial charge in [-0.05, 0) is 33.1 Å². The van der Waals surface area contributed by atoms with Gasteiger partial charge in [-0.25, -0.2) is 4.39 Å². The van der Waals surface area contributed by atoms with Crippen molar-refractivity contribution in [2.45, 2.75) is 19.6 Å². The topological polar surface area (TPSA) is 25.2 Å². The lowest BCUT2D eigenvalue weighted by atomic mass is 10.1. The highest BCUT2D eigenvalue weighted by molar-refractivity contribution is 9.10. The molecule has 2 heterocycles. The molecule has 2 aromatic rings. The number of aromatic nitrogens is 1. The Morgan fingerprint density at radius 1 is 1.25 bits per heavy atom. The molecule has 1 aromatic heterocycles. The highest BCUT2D eigenvalue weighted by Crippen LogP contribution is 2.24. The zero-order valence-electron chi connectivity index (χ0n) is 11.1. The molecule has 3 rings (SSSR count). The first-order valence-electron chi connectivity index (χ1n) is 6.39. The molecule has 20 heavy (non-hydrogen) atoms. The maximum absolute atomic E-state index is 14.1. The molecule has 0 fully saturated rings.